The number of rotatable bonds is 5. The number of carbonyl (C=O) groups is 1. The van der Waals surface area contributed by atoms with Crippen LogP contribution in [0.2, 0.25) is 0 Å². The summed E-state index contributed by atoms with van der Waals surface area (Å²) in [5.41, 5.74) is 0.513. The highest BCUT2D eigenvalue weighted by Crippen LogP contribution is 2.23. The van der Waals surface area contributed by atoms with Gasteiger partial charge in [0.2, 0.25) is 11.7 Å². The van der Waals surface area contributed by atoms with E-state index in [-0.39, 0.29) is 12.0 Å². The maximum Gasteiger partial charge on any atom is 0.253 e. The van der Waals surface area contributed by atoms with Crippen molar-refractivity contribution in [3.63, 3.8) is 0 Å². The number of hydrogen-bond acceptors (Lipinski definition) is 7. The van der Waals surface area contributed by atoms with Crippen LogP contribution in [0, 0.1) is 6.92 Å². The van der Waals surface area contributed by atoms with Gasteiger partial charge in [-0.25, -0.2) is 4.98 Å². The fourth-order valence-electron chi connectivity index (χ4n) is 2.43. The summed E-state index contributed by atoms with van der Waals surface area (Å²) < 4.78 is 10.7. The third-order valence-electron chi connectivity index (χ3n) is 3.64. The summed E-state index contributed by atoms with van der Waals surface area (Å²) >= 11 is 0. The topological polar surface area (TPSA) is 93.4 Å². The predicted molar refractivity (Wildman–Crippen MR) is 86.7 cm³/mol. The normalized spacial score (nSPS) is 17.5. The van der Waals surface area contributed by atoms with Gasteiger partial charge in [0.25, 0.3) is 5.91 Å². The molecule has 1 N–H and O–H groups in total. The van der Waals surface area contributed by atoms with Crippen LogP contribution in [-0.2, 0) is 4.74 Å². The molecule has 0 spiro atoms. The lowest BCUT2D eigenvalue weighted by Crippen LogP contribution is -2.39. The SMILES string of the molecule is C=CCNC(=O)c1ccc(N2CCO[C@H](c3noc(C)n3)C2)nc1. The molecule has 0 aromatic carbocycles. The van der Waals surface area contributed by atoms with E-state index in [9.17, 15) is 4.79 Å². The van der Waals surface area contributed by atoms with Gasteiger partial charge in [0.05, 0.1) is 18.7 Å². The second kappa shape index (κ2) is 7.22. The van der Waals surface area contributed by atoms with Crippen molar-refractivity contribution in [2.75, 3.05) is 31.1 Å². The number of morpholine rings is 1. The van der Waals surface area contributed by atoms with Crippen LogP contribution in [0.25, 0.3) is 0 Å². The first kappa shape index (κ1) is 16.1. The van der Waals surface area contributed by atoms with E-state index < -0.39 is 0 Å². The number of carbonyl (C=O) groups excluding carboxylic acids is 1. The lowest BCUT2D eigenvalue weighted by atomic mass is 10.2. The van der Waals surface area contributed by atoms with Gasteiger partial charge in [-0.2, -0.15) is 4.98 Å². The lowest BCUT2D eigenvalue weighted by molar-refractivity contribution is 0.0323. The summed E-state index contributed by atoms with van der Waals surface area (Å²) in [7, 11) is 0. The van der Waals surface area contributed by atoms with Crippen LogP contribution in [0.5, 0.6) is 0 Å². The van der Waals surface area contributed by atoms with Gasteiger partial charge in [-0.3, -0.25) is 4.79 Å². The van der Waals surface area contributed by atoms with E-state index in [0.29, 0.717) is 43.5 Å². The summed E-state index contributed by atoms with van der Waals surface area (Å²) in [6.45, 7) is 7.57. The third kappa shape index (κ3) is 3.60. The van der Waals surface area contributed by atoms with Gasteiger partial charge in [-0.1, -0.05) is 11.2 Å². The van der Waals surface area contributed by atoms with Crippen LogP contribution in [-0.4, -0.2) is 47.3 Å². The Morgan fingerprint density at radius 2 is 2.42 bits per heavy atom. The Bertz CT molecular complexity index is 713. The molecule has 2 aromatic rings. The lowest BCUT2D eigenvalue weighted by Gasteiger charge is -2.32. The Morgan fingerprint density at radius 3 is 3.08 bits per heavy atom. The second-order valence-corrected chi connectivity index (χ2v) is 5.38. The van der Waals surface area contributed by atoms with Gasteiger partial charge in [-0.15, -0.1) is 6.58 Å². The first-order valence-electron chi connectivity index (χ1n) is 7.69. The standard InChI is InChI=1S/C16H19N5O3/c1-3-6-17-16(22)12-4-5-14(18-9-12)21-7-8-23-13(10-21)15-19-11(2)24-20-15/h3-5,9,13H,1,6-8,10H2,2H3,(H,17,22)/t13-/m0/s1. The molecule has 0 aliphatic carbocycles. The fraction of sp³-hybridized carbons (Fsp3) is 0.375. The molecule has 3 heterocycles. The molecule has 0 unspecified atom stereocenters. The van der Waals surface area contributed by atoms with Gasteiger partial charge in [0.15, 0.2) is 0 Å². The molecule has 1 aliphatic rings. The number of nitrogens with zero attached hydrogens (tertiary/aromatic N) is 4. The first-order chi connectivity index (χ1) is 11.7. The quantitative estimate of drug-likeness (QED) is 0.826. The van der Waals surface area contributed by atoms with Crippen molar-refractivity contribution >= 4 is 11.7 Å². The van der Waals surface area contributed by atoms with Crippen LogP contribution in [0.4, 0.5) is 5.82 Å². The monoisotopic (exact) mass is 329 g/mol. The van der Waals surface area contributed by atoms with E-state index in [4.69, 9.17) is 9.26 Å². The molecular formula is C16H19N5O3. The number of aromatic nitrogens is 3. The van der Waals surface area contributed by atoms with Crippen molar-refractivity contribution < 1.29 is 14.1 Å². The van der Waals surface area contributed by atoms with E-state index in [1.54, 1.807) is 25.3 Å². The van der Waals surface area contributed by atoms with E-state index >= 15 is 0 Å². The number of ether oxygens (including phenoxy) is 1. The minimum atomic E-state index is -0.256. The highest BCUT2D eigenvalue weighted by atomic mass is 16.5. The minimum absolute atomic E-state index is 0.170. The zero-order valence-electron chi connectivity index (χ0n) is 13.4. The van der Waals surface area contributed by atoms with Gasteiger partial charge < -0.3 is 19.5 Å². The highest BCUT2D eigenvalue weighted by Gasteiger charge is 2.26. The molecule has 8 heteroatoms. The molecule has 1 atom stereocenters. The van der Waals surface area contributed by atoms with Crippen molar-refractivity contribution in [1.82, 2.24) is 20.4 Å². The maximum atomic E-state index is 11.9. The van der Waals surface area contributed by atoms with Crippen molar-refractivity contribution in [3.8, 4) is 0 Å². The Labute approximate surface area is 139 Å². The summed E-state index contributed by atoms with van der Waals surface area (Å²) in [6.07, 6.45) is 2.94. The van der Waals surface area contributed by atoms with E-state index in [0.717, 1.165) is 5.82 Å². The molecule has 1 amide bonds. The molecule has 1 saturated heterocycles. The maximum absolute atomic E-state index is 11.9. The molecule has 8 nitrogen and oxygen atoms in total. The predicted octanol–water partition coefficient (Wildman–Crippen LogP) is 1.27. The number of pyridine rings is 1. The molecule has 0 saturated carbocycles. The number of nitrogens with one attached hydrogen (secondary N) is 1. The molecule has 0 bridgehead atoms. The summed E-state index contributed by atoms with van der Waals surface area (Å²) in [5, 5.41) is 6.64. The van der Waals surface area contributed by atoms with Crippen LogP contribution < -0.4 is 10.2 Å². The van der Waals surface area contributed by atoms with Crippen molar-refractivity contribution in [3.05, 3.63) is 48.3 Å². The van der Waals surface area contributed by atoms with E-state index in [2.05, 4.69) is 31.9 Å². The number of amides is 1. The third-order valence-corrected chi connectivity index (χ3v) is 3.64. The molecule has 126 valence electrons. The summed E-state index contributed by atoms with van der Waals surface area (Å²) in [6, 6.07) is 3.58. The van der Waals surface area contributed by atoms with Gasteiger partial charge in [-0.05, 0) is 12.1 Å². The zero-order chi connectivity index (χ0) is 16.9. The van der Waals surface area contributed by atoms with Crippen molar-refractivity contribution in [2.45, 2.75) is 13.0 Å². The average Bonchev–Trinajstić information content (AvgIpc) is 3.06. The molecule has 2 aromatic heterocycles. The highest BCUT2D eigenvalue weighted by molar-refractivity contribution is 5.94. The van der Waals surface area contributed by atoms with Gasteiger partial charge in [0, 0.05) is 26.2 Å². The second-order valence-electron chi connectivity index (χ2n) is 5.38. The van der Waals surface area contributed by atoms with Crippen molar-refractivity contribution in [2.24, 2.45) is 0 Å². The van der Waals surface area contributed by atoms with Crippen LogP contribution in [0.15, 0.2) is 35.5 Å². The molecule has 0 radical (unpaired) electrons. The average molecular weight is 329 g/mol. The minimum Gasteiger partial charge on any atom is -0.366 e. The molecule has 1 aliphatic heterocycles. The Hall–Kier alpha value is -2.74. The fourth-order valence-corrected chi connectivity index (χ4v) is 2.43. The number of aryl methyl sites for hydroxylation is 1. The number of hydrogen-bond donors (Lipinski definition) is 1. The molecule has 24 heavy (non-hydrogen) atoms. The number of anilines is 1. The summed E-state index contributed by atoms with van der Waals surface area (Å²) in [4.78, 5) is 22.5. The first-order valence-corrected chi connectivity index (χ1v) is 7.69. The smallest absolute Gasteiger partial charge is 0.253 e. The van der Waals surface area contributed by atoms with Crippen molar-refractivity contribution in [1.29, 1.82) is 0 Å². The van der Waals surface area contributed by atoms with Crippen LogP contribution >= 0.6 is 0 Å². The van der Waals surface area contributed by atoms with E-state index in [1.807, 2.05) is 6.07 Å². The molecule has 3 rings (SSSR count). The van der Waals surface area contributed by atoms with Gasteiger partial charge >= 0.3 is 0 Å². The zero-order valence-corrected chi connectivity index (χ0v) is 13.4. The summed E-state index contributed by atoms with van der Waals surface area (Å²) in [5.74, 6) is 1.66. The van der Waals surface area contributed by atoms with Crippen LogP contribution in [0.1, 0.15) is 28.2 Å². The molecular weight excluding hydrogens is 310 g/mol. The van der Waals surface area contributed by atoms with Crippen LogP contribution in [0.3, 0.4) is 0 Å². The van der Waals surface area contributed by atoms with Gasteiger partial charge in [0.1, 0.15) is 11.9 Å². The Kier molecular flexibility index (Phi) is 4.85. The largest absolute Gasteiger partial charge is 0.366 e. The molecule has 1 fully saturated rings. The van der Waals surface area contributed by atoms with E-state index in [1.165, 1.54) is 0 Å². The Balaban J connectivity index is 1.67. The Morgan fingerprint density at radius 1 is 1.54 bits per heavy atom.